The molecule has 32 heavy (non-hydrogen) atoms. The Kier molecular flexibility index (Phi) is 6.17. The van der Waals surface area contributed by atoms with Gasteiger partial charge in [0.2, 0.25) is 0 Å². The van der Waals surface area contributed by atoms with Gasteiger partial charge in [-0.05, 0) is 68.1 Å². The molecule has 1 saturated heterocycles. The number of nitrogens with zero attached hydrogens (tertiary/aromatic N) is 2. The Morgan fingerprint density at radius 2 is 1.81 bits per heavy atom. The Bertz CT molecular complexity index is 1070. The van der Waals surface area contributed by atoms with Crippen LogP contribution in [0.15, 0.2) is 69.3 Å². The van der Waals surface area contributed by atoms with Crippen LogP contribution in [0.2, 0.25) is 0 Å². The predicted octanol–water partition coefficient (Wildman–Crippen LogP) is 5.67. The maximum absolute atomic E-state index is 13.9. The number of ether oxygens (including phenoxy) is 1. The molecular formula is C26H30BrN3O2. The van der Waals surface area contributed by atoms with E-state index >= 15 is 0 Å². The van der Waals surface area contributed by atoms with E-state index in [0.717, 1.165) is 39.2 Å². The predicted molar refractivity (Wildman–Crippen MR) is 133 cm³/mol. The molecule has 5 nitrogen and oxygen atoms in total. The minimum absolute atomic E-state index is 0.0592. The topological polar surface area (TPSA) is 53.9 Å². The van der Waals surface area contributed by atoms with Gasteiger partial charge in [-0.2, -0.15) is 0 Å². The lowest BCUT2D eigenvalue weighted by atomic mass is 9.93. The highest BCUT2D eigenvalue weighted by atomic mass is 79.9. The van der Waals surface area contributed by atoms with Gasteiger partial charge < -0.3 is 10.1 Å². The second-order valence-electron chi connectivity index (χ2n) is 9.44. The van der Waals surface area contributed by atoms with Crippen LogP contribution in [0.5, 0.6) is 5.75 Å². The summed E-state index contributed by atoms with van der Waals surface area (Å²) in [6.45, 7) is 9.25. The zero-order chi connectivity index (χ0) is 23.0. The molecule has 2 aliphatic heterocycles. The van der Waals surface area contributed by atoms with Crippen LogP contribution in [-0.4, -0.2) is 30.8 Å². The third-order valence-electron chi connectivity index (χ3n) is 5.83. The third-order valence-corrected chi connectivity index (χ3v) is 6.36. The standard InChI is InChI=1S/C26H30BrN3O2/c1-16(2)14-21-22-23(29-26(3,4)15-28-21)25(31)30(19-10-12-20(32-5)13-11-19)24(22)17-6-8-18(27)9-7-17/h6-13,16,24,28H,14-15H2,1-5H3. The van der Waals surface area contributed by atoms with E-state index in [-0.39, 0.29) is 17.5 Å². The Morgan fingerprint density at radius 1 is 1.16 bits per heavy atom. The second kappa shape index (κ2) is 8.74. The second-order valence-corrected chi connectivity index (χ2v) is 10.4. The fourth-order valence-electron chi connectivity index (χ4n) is 4.34. The molecule has 1 unspecified atom stereocenters. The summed E-state index contributed by atoms with van der Waals surface area (Å²) >= 11 is 3.54. The Balaban J connectivity index is 1.95. The molecule has 168 valence electrons. The van der Waals surface area contributed by atoms with Gasteiger partial charge in [-0.3, -0.25) is 14.7 Å². The van der Waals surface area contributed by atoms with E-state index in [4.69, 9.17) is 9.73 Å². The molecular weight excluding hydrogens is 466 g/mol. The van der Waals surface area contributed by atoms with Crippen molar-refractivity contribution in [1.29, 1.82) is 0 Å². The van der Waals surface area contributed by atoms with Crippen LogP contribution in [0.25, 0.3) is 0 Å². The van der Waals surface area contributed by atoms with Crippen LogP contribution in [0, 0.1) is 5.92 Å². The van der Waals surface area contributed by atoms with Gasteiger partial charge in [0.1, 0.15) is 11.5 Å². The molecule has 0 aliphatic carbocycles. The number of amides is 1. The number of hydrogen-bond acceptors (Lipinski definition) is 4. The molecule has 1 N–H and O–H groups in total. The van der Waals surface area contributed by atoms with Crippen LogP contribution < -0.4 is 15.0 Å². The minimum Gasteiger partial charge on any atom is -0.497 e. The molecule has 0 saturated carbocycles. The van der Waals surface area contributed by atoms with Gasteiger partial charge in [-0.25, -0.2) is 0 Å². The SMILES string of the molecule is COc1ccc(N2C(=O)C3=NC(C)(C)CNC(CC(C)C)=C3C2c2ccc(Br)cc2)cc1. The van der Waals surface area contributed by atoms with Crippen molar-refractivity contribution >= 4 is 33.2 Å². The van der Waals surface area contributed by atoms with Crippen molar-refractivity contribution in [2.24, 2.45) is 10.9 Å². The monoisotopic (exact) mass is 495 g/mol. The number of carbonyl (C=O) groups is 1. The van der Waals surface area contributed by atoms with E-state index < -0.39 is 0 Å². The summed E-state index contributed by atoms with van der Waals surface area (Å²) in [6.07, 6.45) is 0.862. The number of fused-ring (bicyclic) bond motifs is 1. The highest BCUT2D eigenvalue weighted by molar-refractivity contribution is 9.10. The van der Waals surface area contributed by atoms with Crippen molar-refractivity contribution in [2.75, 3.05) is 18.6 Å². The maximum Gasteiger partial charge on any atom is 0.277 e. The lowest BCUT2D eigenvalue weighted by Gasteiger charge is -2.28. The maximum atomic E-state index is 13.9. The van der Waals surface area contributed by atoms with Crippen molar-refractivity contribution in [1.82, 2.24) is 5.32 Å². The normalized spacial score (nSPS) is 20.1. The molecule has 2 aromatic carbocycles. The molecule has 1 amide bonds. The van der Waals surface area contributed by atoms with Crippen molar-refractivity contribution < 1.29 is 9.53 Å². The quantitative estimate of drug-likeness (QED) is 0.581. The first-order chi connectivity index (χ1) is 15.2. The molecule has 0 aromatic heterocycles. The molecule has 1 atom stereocenters. The molecule has 0 radical (unpaired) electrons. The molecule has 6 heteroatoms. The van der Waals surface area contributed by atoms with Gasteiger partial charge in [0, 0.05) is 28.0 Å². The summed E-state index contributed by atoms with van der Waals surface area (Å²) in [5, 5.41) is 3.65. The number of rotatable bonds is 5. The molecule has 0 bridgehead atoms. The summed E-state index contributed by atoms with van der Waals surface area (Å²) in [5.74, 6) is 1.15. The van der Waals surface area contributed by atoms with Crippen molar-refractivity contribution in [2.45, 2.75) is 45.7 Å². The first kappa shape index (κ1) is 22.6. The fraction of sp³-hybridized carbons (Fsp3) is 0.385. The lowest BCUT2D eigenvalue weighted by molar-refractivity contribution is -0.112. The van der Waals surface area contributed by atoms with Crippen LogP contribution in [0.4, 0.5) is 5.69 Å². The van der Waals surface area contributed by atoms with Crippen LogP contribution in [0.1, 0.15) is 45.7 Å². The minimum atomic E-state index is -0.380. The van der Waals surface area contributed by atoms with Gasteiger partial charge in [0.25, 0.3) is 5.91 Å². The molecule has 0 spiro atoms. The highest BCUT2D eigenvalue weighted by Gasteiger charge is 2.46. The van der Waals surface area contributed by atoms with Gasteiger partial charge in [0.15, 0.2) is 0 Å². The number of hydrogen-bond donors (Lipinski definition) is 1. The Hall–Kier alpha value is -2.60. The summed E-state index contributed by atoms with van der Waals surface area (Å²) < 4.78 is 6.34. The number of methoxy groups -OCH3 is 1. The number of halogens is 1. The van der Waals surface area contributed by atoms with E-state index in [1.165, 1.54) is 0 Å². The average Bonchev–Trinajstić information content (AvgIpc) is 2.95. The molecule has 1 fully saturated rings. The Labute approximate surface area is 198 Å². The molecule has 2 aromatic rings. The van der Waals surface area contributed by atoms with Crippen LogP contribution in [0.3, 0.4) is 0 Å². The van der Waals surface area contributed by atoms with E-state index in [9.17, 15) is 4.79 Å². The van der Waals surface area contributed by atoms with E-state index in [1.54, 1.807) is 7.11 Å². The number of aliphatic imine (C=N–C) groups is 1. The van der Waals surface area contributed by atoms with Gasteiger partial charge >= 0.3 is 0 Å². The smallest absolute Gasteiger partial charge is 0.277 e. The fourth-order valence-corrected chi connectivity index (χ4v) is 4.61. The number of anilines is 1. The number of carbonyl (C=O) groups excluding carboxylic acids is 1. The van der Waals surface area contributed by atoms with Gasteiger partial charge in [-0.1, -0.05) is 41.9 Å². The highest BCUT2D eigenvalue weighted by Crippen LogP contribution is 2.43. The van der Waals surface area contributed by atoms with Crippen LogP contribution in [-0.2, 0) is 4.79 Å². The van der Waals surface area contributed by atoms with Crippen LogP contribution >= 0.6 is 15.9 Å². The van der Waals surface area contributed by atoms with E-state index in [2.05, 4.69) is 61.1 Å². The number of allylic oxidation sites excluding steroid dienone is 1. The van der Waals surface area contributed by atoms with E-state index in [1.807, 2.05) is 41.3 Å². The molecule has 2 aliphatic rings. The molecule has 4 rings (SSSR count). The van der Waals surface area contributed by atoms with Crippen molar-refractivity contribution in [3.8, 4) is 5.75 Å². The third kappa shape index (κ3) is 4.33. The first-order valence-corrected chi connectivity index (χ1v) is 11.8. The number of benzene rings is 2. The zero-order valence-corrected chi connectivity index (χ0v) is 20.9. The molecule has 2 heterocycles. The summed E-state index contributed by atoms with van der Waals surface area (Å²) in [4.78, 5) is 20.8. The average molecular weight is 496 g/mol. The summed E-state index contributed by atoms with van der Waals surface area (Å²) in [5.41, 5.74) is 4.18. The van der Waals surface area contributed by atoms with Gasteiger partial charge in [-0.15, -0.1) is 0 Å². The van der Waals surface area contributed by atoms with Crippen molar-refractivity contribution in [3.63, 3.8) is 0 Å². The zero-order valence-electron chi connectivity index (χ0n) is 19.3. The Morgan fingerprint density at radius 3 is 2.41 bits per heavy atom. The number of nitrogens with one attached hydrogen (secondary N) is 1. The first-order valence-electron chi connectivity index (χ1n) is 11.0. The lowest BCUT2D eigenvalue weighted by Crippen LogP contribution is -2.35. The summed E-state index contributed by atoms with van der Waals surface area (Å²) in [6, 6.07) is 15.6. The van der Waals surface area contributed by atoms with Gasteiger partial charge in [0.05, 0.1) is 18.7 Å². The largest absolute Gasteiger partial charge is 0.497 e. The summed E-state index contributed by atoms with van der Waals surface area (Å²) in [7, 11) is 1.64. The van der Waals surface area contributed by atoms with E-state index in [0.29, 0.717) is 18.2 Å². The van der Waals surface area contributed by atoms with Crippen molar-refractivity contribution in [3.05, 3.63) is 69.8 Å².